The molecule has 182 valence electrons. The van der Waals surface area contributed by atoms with Gasteiger partial charge in [0.2, 0.25) is 0 Å². The van der Waals surface area contributed by atoms with Crippen molar-refractivity contribution in [3.8, 4) is 0 Å². The monoisotopic (exact) mass is 446 g/mol. The number of carbonyl (C=O) groups is 2. The molecular formula is C28H46O4. The summed E-state index contributed by atoms with van der Waals surface area (Å²) in [6.45, 7) is 9.14. The second-order valence-electron chi connectivity index (χ2n) is 12.4. The fourth-order valence-electron chi connectivity index (χ4n) is 8.42. The van der Waals surface area contributed by atoms with E-state index < -0.39 is 5.41 Å². The summed E-state index contributed by atoms with van der Waals surface area (Å²) in [4.78, 5) is 25.7. The van der Waals surface area contributed by atoms with Gasteiger partial charge in [0, 0.05) is 0 Å². The van der Waals surface area contributed by atoms with E-state index in [4.69, 9.17) is 9.47 Å². The van der Waals surface area contributed by atoms with E-state index >= 15 is 0 Å². The normalized spacial score (nSPS) is 40.3. The van der Waals surface area contributed by atoms with Crippen LogP contribution in [0.25, 0.3) is 0 Å². The van der Waals surface area contributed by atoms with Crippen molar-refractivity contribution in [1.29, 1.82) is 0 Å². The number of carbonyl (C=O) groups excluding carboxylic acids is 2. The van der Waals surface area contributed by atoms with Crippen molar-refractivity contribution >= 4 is 11.9 Å². The summed E-state index contributed by atoms with van der Waals surface area (Å²) in [5.74, 6) is 3.03. The number of rotatable bonds is 5. The molecule has 4 fully saturated rings. The molecule has 0 amide bonds. The first-order chi connectivity index (χ1) is 15.2. The largest absolute Gasteiger partial charge is 0.460 e. The van der Waals surface area contributed by atoms with Crippen LogP contribution in [0.4, 0.5) is 0 Å². The molecule has 4 saturated carbocycles. The minimum atomic E-state index is -0.474. The lowest BCUT2D eigenvalue weighted by atomic mass is 9.43. The summed E-state index contributed by atoms with van der Waals surface area (Å²) in [5.41, 5.74) is -0.253. The van der Waals surface area contributed by atoms with Crippen molar-refractivity contribution < 1.29 is 19.1 Å². The Morgan fingerprint density at radius 3 is 2.38 bits per heavy atom. The van der Waals surface area contributed by atoms with Gasteiger partial charge in [0.05, 0.1) is 5.41 Å². The number of hydrogen-bond acceptors (Lipinski definition) is 4. The highest BCUT2D eigenvalue weighted by Crippen LogP contribution is 2.64. The molecule has 0 aromatic rings. The van der Waals surface area contributed by atoms with Crippen LogP contribution in [0.15, 0.2) is 0 Å². The predicted molar refractivity (Wildman–Crippen MR) is 126 cm³/mol. The summed E-state index contributed by atoms with van der Waals surface area (Å²) in [6.07, 6.45) is 15.0. The van der Waals surface area contributed by atoms with Gasteiger partial charge in [-0.05, 0) is 113 Å². The van der Waals surface area contributed by atoms with Crippen LogP contribution in [0, 0.1) is 40.4 Å². The number of ether oxygens (including phenoxy) is 2. The molecule has 0 saturated heterocycles. The van der Waals surface area contributed by atoms with E-state index in [1.165, 1.54) is 38.5 Å². The lowest BCUT2D eigenvalue weighted by Crippen LogP contribution is -2.56. The van der Waals surface area contributed by atoms with Crippen molar-refractivity contribution in [2.24, 2.45) is 40.4 Å². The second-order valence-corrected chi connectivity index (χ2v) is 12.4. The Kier molecular flexibility index (Phi) is 7.27. The minimum absolute atomic E-state index is 0.0137. The minimum Gasteiger partial charge on any atom is -0.460 e. The molecule has 0 spiro atoms. The SMILES string of the molecule is CC(C)C1CC[C@@H]2C(CCC3[C@]2(C)CCC[C@]3(C)C(=O)OCC(=O)OC2CCCCC2)C1. The molecule has 4 heteroatoms. The fourth-order valence-corrected chi connectivity index (χ4v) is 8.42. The van der Waals surface area contributed by atoms with Gasteiger partial charge < -0.3 is 9.47 Å². The lowest BCUT2D eigenvalue weighted by Gasteiger charge is -2.61. The van der Waals surface area contributed by atoms with Gasteiger partial charge in [0.1, 0.15) is 6.10 Å². The standard InChI is InChI=1S/C28H46O4/c1-19(2)20-11-13-23-21(17-20)12-14-24-27(23,3)15-8-16-28(24,4)26(30)31-18-25(29)32-22-9-6-5-7-10-22/h19-24H,5-18H2,1-4H3/t20?,21?,23-,24?,27-,28+/m1/s1. The van der Waals surface area contributed by atoms with E-state index in [0.29, 0.717) is 5.92 Å². The molecular weight excluding hydrogens is 400 g/mol. The molecule has 0 aliphatic heterocycles. The molecule has 4 rings (SSSR count). The Morgan fingerprint density at radius 2 is 1.66 bits per heavy atom. The molecule has 0 bridgehead atoms. The summed E-state index contributed by atoms with van der Waals surface area (Å²) in [6, 6.07) is 0. The van der Waals surface area contributed by atoms with E-state index in [0.717, 1.165) is 68.6 Å². The van der Waals surface area contributed by atoms with E-state index in [-0.39, 0.29) is 30.1 Å². The Hall–Kier alpha value is -1.06. The van der Waals surface area contributed by atoms with Crippen molar-refractivity contribution in [3.05, 3.63) is 0 Å². The van der Waals surface area contributed by atoms with Crippen LogP contribution < -0.4 is 0 Å². The zero-order valence-electron chi connectivity index (χ0n) is 21.0. The van der Waals surface area contributed by atoms with Gasteiger partial charge in [0.15, 0.2) is 6.61 Å². The van der Waals surface area contributed by atoms with Gasteiger partial charge in [-0.15, -0.1) is 0 Å². The van der Waals surface area contributed by atoms with Gasteiger partial charge in [-0.25, -0.2) is 4.79 Å². The van der Waals surface area contributed by atoms with Crippen molar-refractivity contribution in [2.75, 3.05) is 6.61 Å². The molecule has 32 heavy (non-hydrogen) atoms. The lowest BCUT2D eigenvalue weighted by molar-refractivity contribution is -0.184. The van der Waals surface area contributed by atoms with Crippen LogP contribution in [0.2, 0.25) is 0 Å². The Labute approximate surface area is 195 Å². The van der Waals surface area contributed by atoms with Crippen molar-refractivity contribution in [3.63, 3.8) is 0 Å². The van der Waals surface area contributed by atoms with Crippen LogP contribution in [0.3, 0.4) is 0 Å². The quantitative estimate of drug-likeness (QED) is 0.441. The Morgan fingerprint density at radius 1 is 0.906 bits per heavy atom. The number of hydrogen-bond donors (Lipinski definition) is 0. The first-order valence-electron chi connectivity index (χ1n) is 13.6. The highest BCUT2D eigenvalue weighted by Gasteiger charge is 2.59. The molecule has 6 atom stereocenters. The van der Waals surface area contributed by atoms with Gasteiger partial charge in [-0.2, -0.15) is 0 Å². The maximum Gasteiger partial charge on any atom is 0.344 e. The van der Waals surface area contributed by atoms with Crippen LogP contribution in [0.1, 0.15) is 111 Å². The number of esters is 2. The average molecular weight is 447 g/mol. The van der Waals surface area contributed by atoms with Crippen LogP contribution >= 0.6 is 0 Å². The molecule has 0 radical (unpaired) electrons. The van der Waals surface area contributed by atoms with E-state index in [9.17, 15) is 9.59 Å². The molecule has 0 heterocycles. The Balaban J connectivity index is 1.39. The van der Waals surface area contributed by atoms with E-state index in [1.54, 1.807) is 0 Å². The van der Waals surface area contributed by atoms with Crippen LogP contribution in [-0.4, -0.2) is 24.6 Å². The van der Waals surface area contributed by atoms with Gasteiger partial charge >= 0.3 is 11.9 Å². The van der Waals surface area contributed by atoms with Crippen LogP contribution in [0.5, 0.6) is 0 Å². The van der Waals surface area contributed by atoms with Gasteiger partial charge in [-0.3, -0.25) is 4.79 Å². The van der Waals surface area contributed by atoms with E-state index in [2.05, 4.69) is 27.7 Å². The average Bonchev–Trinajstić information content (AvgIpc) is 2.77. The molecule has 0 aromatic carbocycles. The molecule has 4 aliphatic carbocycles. The summed E-state index contributed by atoms with van der Waals surface area (Å²) >= 11 is 0. The fraction of sp³-hybridized carbons (Fsp3) is 0.929. The predicted octanol–water partition coefficient (Wildman–Crippen LogP) is 6.70. The van der Waals surface area contributed by atoms with Crippen LogP contribution in [-0.2, 0) is 19.1 Å². The summed E-state index contributed by atoms with van der Waals surface area (Å²) in [5, 5.41) is 0. The maximum absolute atomic E-state index is 13.4. The Bertz CT molecular complexity index is 681. The molecule has 0 N–H and O–H groups in total. The third-order valence-corrected chi connectivity index (χ3v) is 10.3. The maximum atomic E-state index is 13.4. The molecule has 0 aromatic heterocycles. The van der Waals surface area contributed by atoms with Gasteiger partial charge in [0.25, 0.3) is 0 Å². The van der Waals surface area contributed by atoms with Crippen molar-refractivity contribution in [2.45, 2.75) is 117 Å². The van der Waals surface area contributed by atoms with Gasteiger partial charge in [-0.1, -0.05) is 33.6 Å². The third kappa shape index (κ3) is 4.62. The van der Waals surface area contributed by atoms with Crippen molar-refractivity contribution in [1.82, 2.24) is 0 Å². The van der Waals surface area contributed by atoms with E-state index in [1.807, 2.05) is 0 Å². The molecule has 4 aliphatic rings. The second kappa shape index (κ2) is 9.66. The topological polar surface area (TPSA) is 52.6 Å². The first kappa shape index (κ1) is 24.1. The smallest absolute Gasteiger partial charge is 0.344 e. The summed E-state index contributed by atoms with van der Waals surface area (Å²) in [7, 11) is 0. The molecule has 3 unspecified atom stereocenters. The zero-order valence-corrected chi connectivity index (χ0v) is 21.0. The number of fused-ring (bicyclic) bond motifs is 3. The zero-order chi connectivity index (χ0) is 22.9. The highest BCUT2D eigenvalue weighted by molar-refractivity contribution is 5.80. The first-order valence-corrected chi connectivity index (χ1v) is 13.6. The molecule has 4 nitrogen and oxygen atoms in total. The summed E-state index contributed by atoms with van der Waals surface area (Å²) < 4.78 is 11.2. The third-order valence-electron chi connectivity index (χ3n) is 10.3. The highest BCUT2D eigenvalue weighted by atomic mass is 16.6.